The van der Waals surface area contributed by atoms with Gasteiger partial charge < -0.3 is 4.74 Å². The first-order valence-electron chi connectivity index (χ1n) is 8.39. The number of hydrogen-bond donors (Lipinski definition) is 0. The van der Waals surface area contributed by atoms with Crippen molar-refractivity contribution >= 4 is 11.6 Å². The molecule has 5 heteroatoms. The summed E-state index contributed by atoms with van der Waals surface area (Å²) in [6.07, 6.45) is 1.80. The van der Waals surface area contributed by atoms with Crippen molar-refractivity contribution in [3.8, 4) is 5.75 Å². The highest BCUT2D eigenvalue weighted by molar-refractivity contribution is 6.06. The number of fused-ring (bicyclic) bond motifs is 3. The Bertz CT molecular complexity index is 860. The summed E-state index contributed by atoms with van der Waals surface area (Å²) in [4.78, 5) is 12.2. The fourth-order valence-electron chi connectivity index (χ4n) is 3.89. The zero-order valence-corrected chi connectivity index (χ0v) is 14.2. The largest absolute Gasteiger partial charge is 0.497 e. The summed E-state index contributed by atoms with van der Waals surface area (Å²) >= 11 is 0. The molecule has 0 N–H and O–H groups in total. The molecule has 0 radical (unpaired) electrons. The Morgan fingerprint density at radius 3 is 2.68 bits per heavy atom. The van der Waals surface area contributed by atoms with Gasteiger partial charge in [0.1, 0.15) is 11.6 Å². The molecule has 2 aromatic rings. The van der Waals surface area contributed by atoms with Gasteiger partial charge in [-0.15, -0.1) is 0 Å². The van der Waals surface area contributed by atoms with Crippen molar-refractivity contribution in [3.05, 3.63) is 65.0 Å². The molecule has 4 nitrogen and oxygen atoms in total. The van der Waals surface area contributed by atoms with Crippen LogP contribution in [0.5, 0.6) is 5.75 Å². The van der Waals surface area contributed by atoms with Gasteiger partial charge in [0.25, 0.3) is 0 Å². The molecule has 4 rings (SSSR count). The second kappa shape index (κ2) is 5.99. The molecular formula is C20H19FN2O2. The van der Waals surface area contributed by atoms with Crippen LogP contribution in [-0.2, 0) is 11.2 Å². The highest BCUT2D eigenvalue weighted by Gasteiger charge is 2.43. The van der Waals surface area contributed by atoms with Crippen LogP contribution in [0, 0.1) is 11.7 Å². The van der Waals surface area contributed by atoms with Crippen LogP contribution in [0.4, 0.5) is 4.39 Å². The van der Waals surface area contributed by atoms with E-state index < -0.39 is 0 Å². The van der Waals surface area contributed by atoms with E-state index in [9.17, 15) is 9.18 Å². The van der Waals surface area contributed by atoms with E-state index in [1.54, 1.807) is 24.3 Å². The number of halogens is 1. The van der Waals surface area contributed by atoms with Crippen molar-refractivity contribution in [3.63, 3.8) is 0 Å². The van der Waals surface area contributed by atoms with E-state index in [1.165, 1.54) is 24.6 Å². The van der Waals surface area contributed by atoms with Crippen molar-refractivity contribution in [1.29, 1.82) is 0 Å². The lowest BCUT2D eigenvalue weighted by Crippen LogP contribution is -2.31. The zero-order valence-electron chi connectivity index (χ0n) is 14.2. The van der Waals surface area contributed by atoms with E-state index in [0.717, 1.165) is 35.4 Å². The van der Waals surface area contributed by atoms with Gasteiger partial charge in [-0.05, 0) is 54.3 Å². The predicted molar refractivity (Wildman–Crippen MR) is 93.0 cm³/mol. The molecule has 1 aliphatic heterocycles. The molecule has 0 fully saturated rings. The quantitative estimate of drug-likeness (QED) is 0.838. The van der Waals surface area contributed by atoms with E-state index >= 15 is 0 Å². The van der Waals surface area contributed by atoms with Crippen LogP contribution >= 0.6 is 0 Å². The standard InChI is InChI=1S/C20H19FN2O2/c1-12(24)23-20(13-3-6-15(21)7-4-13)18-9-5-14-11-16(25-2)8-10-17(14)19(18)22-23/h3-4,6-8,10-11,18,20H,5,9H2,1-2H3/t18-,20-/m0/s1. The number of hydrazone groups is 1. The maximum atomic E-state index is 13.3. The first-order valence-corrected chi connectivity index (χ1v) is 8.39. The van der Waals surface area contributed by atoms with Crippen LogP contribution in [0.25, 0.3) is 0 Å². The van der Waals surface area contributed by atoms with Crippen molar-refractivity contribution in [2.24, 2.45) is 11.0 Å². The molecule has 128 valence electrons. The molecule has 1 heterocycles. The topological polar surface area (TPSA) is 41.9 Å². The molecule has 0 spiro atoms. The van der Waals surface area contributed by atoms with Gasteiger partial charge in [0.2, 0.25) is 5.91 Å². The molecule has 1 amide bonds. The van der Waals surface area contributed by atoms with E-state index in [4.69, 9.17) is 4.74 Å². The minimum Gasteiger partial charge on any atom is -0.497 e. The molecule has 0 aromatic heterocycles. The number of rotatable bonds is 2. The molecule has 2 aliphatic rings. The highest BCUT2D eigenvalue weighted by atomic mass is 19.1. The number of nitrogens with zero attached hydrogens (tertiary/aromatic N) is 2. The maximum absolute atomic E-state index is 13.3. The molecule has 1 aliphatic carbocycles. The third-order valence-corrected chi connectivity index (χ3v) is 5.06. The average molecular weight is 338 g/mol. The molecule has 0 saturated heterocycles. The monoisotopic (exact) mass is 338 g/mol. The van der Waals surface area contributed by atoms with Gasteiger partial charge in [0, 0.05) is 18.4 Å². The van der Waals surface area contributed by atoms with E-state index in [-0.39, 0.29) is 23.7 Å². The van der Waals surface area contributed by atoms with Gasteiger partial charge in [-0.25, -0.2) is 9.40 Å². The van der Waals surface area contributed by atoms with Crippen molar-refractivity contribution < 1.29 is 13.9 Å². The number of methoxy groups -OCH3 is 1. The van der Waals surface area contributed by atoms with Gasteiger partial charge in [0.05, 0.1) is 18.9 Å². The van der Waals surface area contributed by atoms with E-state index in [0.29, 0.717) is 0 Å². The number of hydrogen-bond acceptors (Lipinski definition) is 3. The fraction of sp³-hybridized carbons (Fsp3) is 0.300. The summed E-state index contributed by atoms with van der Waals surface area (Å²) in [6.45, 7) is 1.52. The summed E-state index contributed by atoms with van der Waals surface area (Å²) in [5.74, 6) is 0.564. The normalized spacial score (nSPS) is 21.4. The number of benzene rings is 2. The first-order chi connectivity index (χ1) is 12.1. The third kappa shape index (κ3) is 2.60. The first kappa shape index (κ1) is 15.8. The Kier molecular flexibility index (Phi) is 3.79. The van der Waals surface area contributed by atoms with Gasteiger partial charge in [-0.3, -0.25) is 4.79 Å². The Morgan fingerprint density at radius 1 is 1.24 bits per heavy atom. The molecule has 0 bridgehead atoms. The Balaban J connectivity index is 1.78. The van der Waals surface area contributed by atoms with Crippen LogP contribution in [-0.4, -0.2) is 23.7 Å². The summed E-state index contributed by atoms with van der Waals surface area (Å²) in [5, 5.41) is 6.20. The van der Waals surface area contributed by atoms with Crippen molar-refractivity contribution in [2.45, 2.75) is 25.8 Å². The number of aryl methyl sites for hydroxylation is 1. The molecule has 2 atom stereocenters. The molecule has 25 heavy (non-hydrogen) atoms. The number of ether oxygens (including phenoxy) is 1. The van der Waals surface area contributed by atoms with Crippen LogP contribution in [0.15, 0.2) is 47.6 Å². The fourth-order valence-corrected chi connectivity index (χ4v) is 3.89. The van der Waals surface area contributed by atoms with Gasteiger partial charge >= 0.3 is 0 Å². The predicted octanol–water partition coefficient (Wildman–Crippen LogP) is 3.70. The smallest absolute Gasteiger partial charge is 0.240 e. The van der Waals surface area contributed by atoms with Gasteiger partial charge in [0.15, 0.2) is 0 Å². The maximum Gasteiger partial charge on any atom is 0.240 e. The summed E-state index contributed by atoms with van der Waals surface area (Å²) in [6, 6.07) is 12.2. The SMILES string of the molecule is COc1ccc2c(c1)CC[C@H]1C2=NN(C(C)=O)[C@H]1c1ccc(F)cc1. The summed E-state index contributed by atoms with van der Waals surface area (Å²) in [5.41, 5.74) is 4.12. The second-order valence-corrected chi connectivity index (χ2v) is 6.51. The Hall–Kier alpha value is -2.69. The number of amides is 1. The van der Waals surface area contributed by atoms with E-state index in [1.807, 2.05) is 18.2 Å². The van der Waals surface area contributed by atoms with Crippen molar-refractivity contribution in [1.82, 2.24) is 5.01 Å². The third-order valence-electron chi connectivity index (χ3n) is 5.06. The molecule has 2 aromatic carbocycles. The Labute approximate surface area is 145 Å². The minimum atomic E-state index is -0.279. The lowest BCUT2D eigenvalue weighted by atomic mass is 9.77. The zero-order chi connectivity index (χ0) is 17.6. The van der Waals surface area contributed by atoms with E-state index in [2.05, 4.69) is 5.10 Å². The van der Waals surface area contributed by atoms with Crippen LogP contribution in [0.1, 0.15) is 36.1 Å². The van der Waals surface area contributed by atoms with Crippen LogP contribution < -0.4 is 4.74 Å². The summed E-state index contributed by atoms with van der Waals surface area (Å²) in [7, 11) is 1.66. The lowest BCUT2D eigenvalue weighted by molar-refractivity contribution is -0.131. The van der Waals surface area contributed by atoms with Gasteiger partial charge in [-0.2, -0.15) is 5.10 Å². The number of carbonyl (C=O) groups is 1. The summed E-state index contributed by atoms with van der Waals surface area (Å²) < 4.78 is 18.6. The molecular weight excluding hydrogens is 319 g/mol. The molecule has 0 saturated carbocycles. The van der Waals surface area contributed by atoms with Crippen molar-refractivity contribution in [2.75, 3.05) is 7.11 Å². The average Bonchev–Trinajstić information content (AvgIpc) is 3.02. The minimum absolute atomic E-state index is 0.105. The highest BCUT2D eigenvalue weighted by Crippen LogP contribution is 2.43. The lowest BCUT2D eigenvalue weighted by Gasteiger charge is -2.29. The second-order valence-electron chi connectivity index (χ2n) is 6.51. The van der Waals surface area contributed by atoms with Crippen LogP contribution in [0.3, 0.4) is 0 Å². The molecule has 0 unspecified atom stereocenters. The Morgan fingerprint density at radius 2 is 2.00 bits per heavy atom. The van der Waals surface area contributed by atoms with Gasteiger partial charge in [-0.1, -0.05) is 12.1 Å². The number of carbonyl (C=O) groups excluding carboxylic acids is 1. The van der Waals surface area contributed by atoms with Crippen LogP contribution in [0.2, 0.25) is 0 Å².